The van der Waals surface area contributed by atoms with E-state index in [1.807, 2.05) is 0 Å². The van der Waals surface area contributed by atoms with Crippen LogP contribution < -0.4 is 11.1 Å². The second-order valence-electron chi connectivity index (χ2n) is 5.01. The van der Waals surface area contributed by atoms with Gasteiger partial charge in [-0.3, -0.25) is 9.69 Å². The van der Waals surface area contributed by atoms with Crippen molar-refractivity contribution in [3.63, 3.8) is 0 Å². The van der Waals surface area contributed by atoms with Gasteiger partial charge in [-0.1, -0.05) is 12.1 Å². The van der Waals surface area contributed by atoms with Gasteiger partial charge in [-0.05, 0) is 30.5 Å². The number of halogens is 1. The molecule has 1 aromatic rings. The quantitative estimate of drug-likeness (QED) is 0.816. The van der Waals surface area contributed by atoms with Crippen molar-refractivity contribution >= 4 is 5.91 Å². The summed E-state index contributed by atoms with van der Waals surface area (Å²) in [7, 11) is 0. The highest BCUT2D eigenvalue weighted by molar-refractivity contribution is 5.78. The second-order valence-corrected chi connectivity index (χ2v) is 5.01. The first-order valence-corrected chi connectivity index (χ1v) is 6.62. The summed E-state index contributed by atoms with van der Waals surface area (Å²) in [6, 6.07) is 6.54. The van der Waals surface area contributed by atoms with Crippen molar-refractivity contribution < 1.29 is 9.18 Å². The first-order chi connectivity index (χ1) is 9.13. The molecule has 0 aromatic heterocycles. The monoisotopic (exact) mass is 265 g/mol. The van der Waals surface area contributed by atoms with Gasteiger partial charge in [-0.15, -0.1) is 0 Å². The lowest BCUT2D eigenvalue weighted by Crippen LogP contribution is -2.38. The number of hydrogen-bond acceptors (Lipinski definition) is 3. The Bertz CT molecular complexity index is 421. The van der Waals surface area contributed by atoms with E-state index in [9.17, 15) is 9.18 Å². The molecule has 1 aromatic carbocycles. The summed E-state index contributed by atoms with van der Waals surface area (Å²) >= 11 is 0. The average molecular weight is 265 g/mol. The lowest BCUT2D eigenvalue weighted by Gasteiger charge is -2.14. The van der Waals surface area contributed by atoms with Gasteiger partial charge in [-0.25, -0.2) is 4.39 Å². The predicted octanol–water partition coefficient (Wildman–Crippen LogP) is 0.517. The minimum atomic E-state index is -0.238. The average Bonchev–Trinajstić information content (AvgIpc) is 2.77. The number of likely N-dealkylation sites (tertiary alicyclic amines) is 1. The van der Waals surface area contributed by atoms with Gasteiger partial charge in [0, 0.05) is 25.7 Å². The summed E-state index contributed by atoms with van der Waals surface area (Å²) in [6.45, 7) is 2.68. The van der Waals surface area contributed by atoms with Gasteiger partial charge in [0.2, 0.25) is 5.91 Å². The number of hydrogen-bond donors (Lipinski definition) is 2. The van der Waals surface area contributed by atoms with E-state index in [0.29, 0.717) is 19.5 Å². The first kappa shape index (κ1) is 14.0. The molecule has 0 unspecified atom stereocenters. The second kappa shape index (κ2) is 6.63. The number of nitrogens with zero attached hydrogens (tertiary/aromatic N) is 1. The van der Waals surface area contributed by atoms with Crippen molar-refractivity contribution in [2.75, 3.05) is 26.2 Å². The first-order valence-electron chi connectivity index (χ1n) is 6.62. The largest absolute Gasteiger partial charge is 0.355 e. The van der Waals surface area contributed by atoms with E-state index >= 15 is 0 Å². The van der Waals surface area contributed by atoms with Crippen molar-refractivity contribution in [3.05, 3.63) is 35.6 Å². The lowest BCUT2D eigenvalue weighted by molar-refractivity contribution is -0.121. The van der Waals surface area contributed by atoms with Crippen molar-refractivity contribution in [2.24, 2.45) is 5.73 Å². The molecule has 0 spiro atoms. The highest BCUT2D eigenvalue weighted by Crippen LogP contribution is 2.06. The Morgan fingerprint density at radius 3 is 2.79 bits per heavy atom. The van der Waals surface area contributed by atoms with Crippen LogP contribution >= 0.6 is 0 Å². The van der Waals surface area contributed by atoms with Crippen molar-refractivity contribution in [2.45, 2.75) is 18.9 Å². The molecular weight excluding hydrogens is 245 g/mol. The van der Waals surface area contributed by atoms with Crippen molar-refractivity contribution in [3.8, 4) is 0 Å². The van der Waals surface area contributed by atoms with E-state index < -0.39 is 0 Å². The minimum absolute atomic E-state index is 0.0243. The fraction of sp³-hybridized carbons (Fsp3) is 0.500. The summed E-state index contributed by atoms with van der Waals surface area (Å²) in [6.07, 6.45) is 1.67. The number of benzene rings is 1. The zero-order chi connectivity index (χ0) is 13.7. The maximum absolute atomic E-state index is 12.7. The number of carbonyl (C=O) groups excluding carboxylic acids is 1. The van der Waals surface area contributed by atoms with Crippen LogP contribution in [0.5, 0.6) is 0 Å². The normalized spacial score (nSPS) is 19.6. The lowest BCUT2D eigenvalue weighted by atomic mass is 10.1. The van der Waals surface area contributed by atoms with Gasteiger partial charge >= 0.3 is 0 Å². The Kier molecular flexibility index (Phi) is 4.87. The Morgan fingerprint density at radius 1 is 1.42 bits per heavy atom. The van der Waals surface area contributed by atoms with Crippen LogP contribution in [0.2, 0.25) is 0 Å². The van der Waals surface area contributed by atoms with E-state index in [1.54, 1.807) is 12.1 Å². The molecule has 19 heavy (non-hydrogen) atoms. The third-order valence-electron chi connectivity index (χ3n) is 3.33. The summed E-state index contributed by atoms with van der Waals surface area (Å²) in [5, 5.41) is 2.87. The standard InChI is InChI=1S/C14H20FN3O/c15-12-3-1-11(2-4-12)5-7-17-14(19)10-18-8-6-13(16)9-18/h1-4,13H,5-10,16H2,(H,17,19)/t13-/m0/s1. The summed E-state index contributed by atoms with van der Waals surface area (Å²) in [5.74, 6) is -0.214. The molecule has 1 saturated heterocycles. The Labute approximate surface area is 112 Å². The SMILES string of the molecule is N[C@H]1CCN(CC(=O)NCCc2ccc(F)cc2)C1. The molecule has 0 bridgehead atoms. The van der Waals surface area contributed by atoms with Gasteiger partial charge in [0.25, 0.3) is 0 Å². The van der Waals surface area contributed by atoms with Gasteiger partial charge in [0.1, 0.15) is 5.82 Å². The van der Waals surface area contributed by atoms with Gasteiger partial charge < -0.3 is 11.1 Å². The number of rotatable bonds is 5. The molecular formula is C14H20FN3O. The van der Waals surface area contributed by atoms with Crippen LogP contribution in [0.25, 0.3) is 0 Å². The van der Waals surface area contributed by atoms with Gasteiger partial charge in [0.05, 0.1) is 6.54 Å². The molecule has 0 aliphatic carbocycles. The molecule has 3 N–H and O–H groups in total. The highest BCUT2D eigenvalue weighted by Gasteiger charge is 2.20. The van der Waals surface area contributed by atoms with E-state index in [-0.39, 0.29) is 17.8 Å². The zero-order valence-corrected chi connectivity index (χ0v) is 10.9. The Hall–Kier alpha value is -1.46. The fourth-order valence-electron chi connectivity index (χ4n) is 2.26. The number of amides is 1. The molecule has 1 fully saturated rings. The van der Waals surface area contributed by atoms with Crippen LogP contribution in [0.1, 0.15) is 12.0 Å². The summed E-state index contributed by atoms with van der Waals surface area (Å²) in [5.41, 5.74) is 6.80. The molecule has 2 rings (SSSR count). The molecule has 104 valence electrons. The van der Waals surface area contributed by atoms with Gasteiger partial charge in [-0.2, -0.15) is 0 Å². The molecule has 1 amide bonds. The Balaban J connectivity index is 1.65. The molecule has 1 heterocycles. The van der Waals surface area contributed by atoms with Crippen LogP contribution in [0.15, 0.2) is 24.3 Å². The summed E-state index contributed by atoms with van der Waals surface area (Å²) < 4.78 is 12.7. The van der Waals surface area contributed by atoms with Gasteiger partial charge in [0.15, 0.2) is 0 Å². The van der Waals surface area contributed by atoms with Crippen molar-refractivity contribution in [1.82, 2.24) is 10.2 Å². The van der Waals surface area contributed by atoms with E-state index in [1.165, 1.54) is 12.1 Å². The molecule has 1 atom stereocenters. The molecule has 1 aliphatic heterocycles. The maximum atomic E-state index is 12.7. The predicted molar refractivity (Wildman–Crippen MR) is 72.1 cm³/mol. The third kappa shape index (κ3) is 4.61. The number of carbonyl (C=O) groups is 1. The molecule has 1 aliphatic rings. The van der Waals surface area contributed by atoms with E-state index in [0.717, 1.165) is 25.1 Å². The van der Waals surface area contributed by atoms with E-state index in [4.69, 9.17) is 5.73 Å². The molecule has 0 radical (unpaired) electrons. The maximum Gasteiger partial charge on any atom is 0.234 e. The summed E-state index contributed by atoms with van der Waals surface area (Å²) in [4.78, 5) is 13.8. The van der Waals surface area contributed by atoms with Crippen LogP contribution in [-0.4, -0.2) is 43.0 Å². The molecule has 4 nitrogen and oxygen atoms in total. The smallest absolute Gasteiger partial charge is 0.234 e. The number of nitrogens with two attached hydrogens (primary N) is 1. The van der Waals surface area contributed by atoms with Crippen molar-refractivity contribution in [1.29, 1.82) is 0 Å². The highest BCUT2D eigenvalue weighted by atomic mass is 19.1. The number of nitrogens with one attached hydrogen (secondary N) is 1. The van der Waals surface area contributed by atoms with Crippen LogP contribution in [0.3, 0.4) is 0 Å². The third-order valence-corrected chi connectivity index (χ3v) is 3.33. The molecule has 5 heteroatoms. The van der Waals surface area contributed by atoms with Crippen LogP contribution in [-0.2, 0) is 11.2 Å². The zero-order valence-electron chi connectivity index (χ0n) is 10.9. The van der Waals surface area contributed by atoms with E-state index in [2.05, 4.69) is 10.2 Å². The molecule has 0 saturated carbocycles. The van der Waals surface area contributed by atoms with Crippen LogP contribution in [0.4, 0.5) is 4.39 Å². The minimum Gasteiger partial charge on any atom is -0.355 e. The fourth-order valence-corrected chi connectivity index (χ4v) is 2.26. The Morgan fingerprint density at radius 2 is 2.16 bits per heavy atom. The van der Waals surface area contributed by atoms with Crippen LogP contribution in [0, 0.1) is 5.82 Å². The topological polar surface area (TPSA) is 58.4 Å².